The zero-order valence-corrected chi connectivity index (χ0v) is 17.1. The van der Waals surface area contributed by atoms with Crippen LogP contribution in [0.3, 0.4) is 0 Å². The lowest BCUT2D eigenvalue weighted by Gasteiger charge is -2.12. The highest BCUT2D eigenvalue weighted by Gasteiger charge is 2.17. The highest BCUT2D eigenvalue weighted by molar-refractivity contribution is 9.10. The third kappa shape index (κ3) is 5.80. The van der Waals surface area contributed by atoms with E-state index in [1.807, 2.05) is 55.5 Å². The Morgan fingerprint density at radius 3 is 2.48 bits per heavy atom. The second-order valence-corrected chi connectivity index (χ2v) is 8.21. The molecule has 132 valence electrons. The number of rotatable bonds is 6. The summed E-state index contributed by atoms with van der Waals surface area (Å²) in [5, 5.41) is 0.410. The Morgan fingerprint density at radius 2 is 1.88 bits per heavy atom. The van der Waals surface area contributed by atoms with Crippen LogP contribution in [0.1, 0.15) is 24.5 Å². The highest BCUT2D eigenvalue weighted by atomic mass is 79.9. The van der Waals surface area contributed by atoms with Gasteiger partial charge in [-0.3, -0.25) is 4.79 Å². The molecule has 0 spiro atoms. The SMILES string of the molecule is CC(=O)OCC/C(=C(\Cl)c1cccc(Br)c1)S(=O)c1ccc(C)cc1. The van der Waals surface area contributed by atoms with Gasteiger partial charge in [-0.2, -0.15) is 0 Å². The van der Waals surface area contributed by atoms with Gasteiger partial charge < -0.3 is 4.74 Å². The Morgan fingerprint density at radius 1 is 1.20 bits per heavy atom. The molecule has 6 heteroatoms. The molecule has 3 nitrogen and oxygen atoms in total. The summed E-state index contributed by atoms with van der Waals surface area (Å²) in [5.41, 5.74) is 1.85. The molecule has 2 rings (SSSR count). The standard InChI is InChI=1S/C19H18BrClO3S/c1-13-6-8-17(9-7-13)25(23)18(10-11-24-14(2)22)19(21)15-4-3-5-16(20)12-15/h3-9,12H,10-11H2,1-2H3/b19-18+. The third-order valence-corrected chi connectivity index (χ3v) is 6.02. The minimum Gasteiger partial charge on any atom is -0.466 e. The van der Waals surface area contributed by atoms with Crippen LogP contribution in [-0.2, 0) is 20.3 Å². The Labute approximate surface area is 163 Å². The molecule has 1 atom stereocenters. The largest absolute Gasteiger partial charge is 0.466 e. The van der Waals surface area contributed by atoms with E-state index in [-0.39, 0.29) is 12.6 Å². The molecule has 0 amide bonds. The molecular weight excluding hydrogens is 424 g/mol. The third-order valence-electron chi connectivity index (χ3n) is 3.42. The summed E-state index contributed by atoms with van der Waals surface area (Å²) >= 11 is 9.98. The van der Waals surface area contributed by atoms with E-state index in [2.05, 4.69) is 15.9 Å². The van der Waals surface area contributed by atoms with Gasteiger partial charge in [0.25, 0.3) is 0 Å². The monoisotopic (exact) mass is 440 g/mol. The van der Waals surface area contributed by atoms with E-state index >= 15 is 0 Å². The van der Waals surface area contributed by atoms with E-state index in [0.29, 0.717) is 21.3 Å². The topological polar surface area (TPSA) is 43.4 Å². The summed E-state index contributed by atoms with van der Waals surface area (Å²) in [7, 11) is -1.44. The van der Waals surface area contributed by atoms with Crippen molar-refractivity contribution in [1.82, 2.24) is 0 Å². The normalized spacial score (nSPS) is 13.1. The molecule has 25 heavy (non-hydrogen) atoms. The Kier molecular flexibility index (Phi) is 7.41. The summed E-state index contributed by atoms with van der Waals surface area (Å²) in [4.78, 5) is 12.2. The summed E-state index contributed by atoms with van der Waals surface area (Å²) in [6, 6.07) is 14.9. The van der Waals surface area contributed by atoms with Gasteiger partial charge in [0.05, 0.1) is 22.4 Å². The van der Waals surface area contributed by atoms with Gasteiger partial charge in [0.2, 0.25) is 0 Å². The molecule has 0 N–H and O–H groups in total. The molecule has 0 aromatic heterocycles. The van der Waals surface area contributed by atoms with Gasteiger partial charge in [0, 0.05) is 27.6 Å². The number of hydrogen-bond donors (Lipinski definition) is 0. The van der Waals surface area contributed by atoms with Gasteiger partial charge in [-0.15, -0.1) is 0 Å². The van der Waals surface area contributed by atoms with E-state index in [1.165, 1.54) is 6.92 Å². The van der Waals surface area contributed by atoms with Crippen LogP contribution in [0.4, 0.5) is 0 Å². The highest BCUT2D eigenvalue weighted by Crippen LogP contribution is 2.31. The second-order valence-electron chi connectivity index (χ2n) is 5.42. The van der Waals surface area contributed by atoms with Crippen molar-refractivity contribution in [2.24, 2.45) is 0 Å². The van der Waals surface area contributed by atoms with Crippen molar-refractivity contribution in [3.8, 4) is 0 Å². The lowest BCUT2D eigenvalue weighted by molar-refractivity contribution is -0.140. The predicted octanol–water partition coefficient (Wildman–Crippen LogP) is 5.43. The maximum absolute atomic E-state index is 13.0. The molecule has 0 radical (unpaired) electrons. The number of benzene rings is 2. The molecule has 0 bridgehead atoms. The quantitative estimate of drug-likeness (QED) is 0.562. The van der Waals surface area contributed by atoms with Crippen LogP contribution in [0, 0.1) is 6.92 Å². The Hall–Kier alpha value is -1.43. The van der Waals surface area contributed by atoms with Crippen molar-refractivity contribution in [2.45, 2.75) is 25.2 Å². The average Bonchev–Trinajstić information content (AvgIpc) is 2.58. The number of ether oxygens (including phenoxy) is 1. The van der Waals surface area contributed by atoms with Crippen LogP contribution in [-0.4, -0.2) is 16.8 Å². The molecule has 0 aliphatic carbocycles. The molecule has 0 aliphatic heterocycles. The van der Waals surface area contributed by atoms with Gasteiger partial charge in [0.1, 0.15) is 0 Å². The fourth-order valence-electron chi connectivity index (χ4n) is 2.16. The van der Waals surface area contributed by atoms with E-state index in [1.54, 1.807) is 0 Å². The van der Waals surface area contributed by atoms with Gasteiger partial charge in [-0.05, 0) is 36.8 Å². The molecule has 0 saturated carbocycles. The molecule has 0 saturated heterocycles. The average molecular weight is 442 g/mol. The number of aryl methyl sites for hydroxylation is 1. The molecule has 0 fully saturated rings. The van der Waals surface area contributed by atoms with Crippen molar-refractivity contribution in [3.63, 3.8) is 0 Å². The molecule has 1 unspecified atom stereocenters. The maximum Gasteiger partial charge on any atom is 0.302 e. The van der Waals surface area contributed by atoms with Crippen LogP contribution in [0.2, 0.25) is 0 Å². The lowest BCUT2D eigenvalue weighted by atomic mass is 10.2. The molecule has 0 heterocycles. The molecule has 0 aliphatic rings. The van der Waals surface area contributed by atoms with Crippen LogP contribution in [0.15, 0.2) is 62.8 Å². The van der Waals surface area contributed by atoms with E-state index in [9.17, 15) is 9.00 Å². The summed E-state index contributed by atoms with van der Waals surface area (Å²) < 4.78 is 18.9. The fraction of sp³-hybridized carbons (Fsp3) is 0.211. The fourth-order valence-corrected chi connectivity index (χ4v) is 4.20. The van der Waals surface area contributed by atoms with Crippen LogP contribution in [0.25, 0.3) is 5.03 Å². The predicted molar refractivity (Wildman–Crippen MR) is 106 cm³/mol. The van der Waals surface area contributed by atoms with Crippen molar-refractivity contribution < 1.29 is 13.7 Å². The van der Waals surface area contributed by atoms with Gasteiger partial charge in [0.15, 0.2) is 0 Å². The first-order chi connectivity index (χ1) is 11.9. The van der Waals surface area contributed by atoms with Crippen molar-refractivity contribution in [1.29, 1.82) is 0 Å². The summed E-state index contributed by atoms with van der Waals surface area (Å²) in [6.45, 7) is 3.45. The van der Waals surface area contributed by atoms with E-state index < -0.39 is 10.8 Å². The molecule has 2 aromatic carbocycles. The van der Waals surface area contributed by atoms with Crippen molar-refractivity contribution >= 4 is 49.3 Å². The van der Waals surface area contributed by atoms with Gasteiger partial charge in [-0.1, -0.05) is 57.4 Å². The number of esters is 1. The first kappa shape index (κ1) is 19.9. The molecule has 2 aromatic rings. The lowest BCUT2D eigenvalue weighted by Crippen LogP contribution is -2.06. The second kappa shape index (κ2) is 9.32. The summed E-state index contributed by atoms with van der Waals surface area (Å²) in [5.74, 6) is -0.376. The number of halogens is 2. The number of carbonyl (C=O) groups is 1. The van der Waals surface area contributed by atoms with Crippen LogP contribution >= 0.6 is 27.5 Å². The zero-order valence-electron chi connectivity index (χ0n) is 13.9. The van der Waals surface area contributed by atoms with E-state index in [4.69, 9.17) is 16.3 Å². The Bertz CT molecular complexity index is 816. The minimum atomic E-state index is -1.44. The summed E-state index contributed by atoms with van der Waals surface area (Å²) in [6.07, 6.45) is 0.297. The maximum atomic E-state index is 13.0. The van der Waals surface area contributed by atoms with Crippen molar-refractivity contribution in [3.05, 3.63) is 69.0 Å². The number of carbonyl (C=O) groups excluding carboxylic acids is 1. The van der Waals surface area contributed by atoms with Crippen molar-refractivity contribution in [2.75, 3.05) is 6.61 Å². The van der Waals surface area contributed by atoms with E-state index in [0.717, 1.165) is 15.6 Å². The van der Waals surface area contributed by atoms with Crippen LogP contribution < -0.4 is 0 Å². The minimum absolute atomic E-state index is 0.131. The van der Waals surface area contributed by atoms with Gasteiger partial charge >= 0.3 is 5.97 Å². The number of hydrogen-bond acceptors (Lipinski definition) is 3. The Balaban J connectivity index is 2.40. The van der Waals surface area contributed by atoms with Crippen LogP contribution in [0.5, 0.6) is 0 Å². The van der Waals surface area contributed by atoms with Gasteiger partial charge in [-0.25, -0.2) is 4.21 Å². The first-order valence-corrected chi connectivity index (χ1v) is 9.97. The first-order valence-electron chi connectivity index (χ1n) is 7.65. The smallest absolute Gasteiger partial charge is 0.302 e. The zero-order chi connectivity index (χ0) is 18.4. The molecular formula is C19H18BrClO3S.